The molecule has 3 N–H and O–H groups in total. The van der Waals surface area contributed by atoms with E-state index in [4.69, 9.17) is 0 Å². The maximum Gasteiger partial charge on any atom is 0.322 e. The molecule has 25 heavy (non-hydrogen) atoms. The summed E-state index contributed by atoms with van der Waals surface area (Å²) in [5.41, 5.74) is 0.417. The summed E-state index contributed by atoms with van der Waals surface area (Å²) in [6, 6.07) is 3.34. The van der Waals surface area contributed by atoms with Gasteiger partial charge in [0, 0.05) is 19.2 Å². The predicted octanol–water partition coefficient (Wildman–Crippen LogP) is 2.58. The molecule has 1 saturated heterocycles. The number of likely N-dealkylation sites (tertiary alicyclic amines) is 1. The molecule has 9 heteroatoms. The third-order valence-corrected chi connectivity index (χ3v) is 3.95. The Balaban J connectivity index is 1.76. The molecule has 132 valence electrons. The van der Waals surface area contributed by atoms with Gasteiger partial charge < -0.3 is 15.5 Å². The van der Waals surface area contributed by atoms with Crippen LogP contribution in [0.2, 0.25) is 0 Å². The second kappa shape index (κ2) is 6.88. The third kappa shape index (κ3) is 3.76. The van der Waals surface area contributed by atoms with Gasteiger partial charge in [0.05, 0.1) is 11.7 Å². The first-order valence-electron chi connectivity index (χ1n) is 7.97. The van der Waals surface area contributed by atoms with Crippen LogP contribution in [0, 0.1) is 12.7 Å². The van der Waals surface area contributed by atoms with Crippen LogP contribution >= 0.6 is 0 Å². The van der Waals surface area contributed by atoms with Gasteiger partial charge in [0.15, 0.2) is 5.82 Å². The molecule has 1 aliphatic heterocycles. The fraction of sp³-hybridized carbons (Fsp3) is 0.375. The number of nitrogens with zero attached hydrogens (tertiary/aromatic N) is 3. The predicted molar refractivity (Wildman–Crippen MR) is 89.5 cm³/mol. The maximum absolute atomic E-state index is 14.0. The SMILES string of the molecule is CC(=O)Nc1ccc(F)c(NC(=O)N2CCC[C@@H]2c2n[nH]c(C)n2)c1. The zero-order valence-electron chi connectivity index (χ0n) is 14.0. The van der Waals surface area contributed by atoms with Gasteiger partial charge in [0.2, 0.25) is 5.91 Å². The number of anilines is 2. The van der Waals surface area contributed by atoms with Gasteiger partial charge >= 0.3 is 6.03 Å². The second-order valence-corrected chi connectivity index (χ2v) is 5.94. The molecule has 3 rings (SSSR count). The Bertz CT molecular complexity index is 806. The number of carbonyl (C=O) groups excluding carboxylic acids is 2. The molecule has 1 aromatic carbocycles. The summed E-state index contributed by atoms with van der Waals surface area (Å²) >= 11 is 0. The number of hydrogen-bond donors (Lipinski definition) is 3. The van der Waals surface area contributed by atoms with Crippen LogP contribution in [0.15, 0.2) is 18.2 Å². The standard InChI is InChI=1S/C16H19FN6O2/c1-9-18-15(22-21-9)14-4-3-7-23(14)16(25)20-13-8-11(19-10(2)24)5-6-12(13)17/h5-6,8,14H,3-4,7H2,1-2H3,(H,19,24)(H,20,25)(H,18,21,22)/t14-/m1/s1. The van der Waals surface area contributed by atoms with Gasteiger partial charge in [-0.05, 0) is 38.0 Å². The van der Waals surface area contributed by atoms with Crippen LogP contribution in [0.1, 0.15) is 37.5 Å². The molecule has 0 unspecified atom stereocenters. The van der Waals surface area contributed by atoms with Gasteiger partial charge in [-0.1, -0.05) is 0 Å². The van der Waals surface area contributed by atoms with E-state index < -0.39 is 11.8 Å². The van der Waals surface area contributed by atoms with E-state index in [0.29, 0.717) is 23.9 Å². The number of nitrogens with one attached hydrogen (secondary N) is 3. The molecule has 1 atom stereocenters. The first-order valence-corrected chi connectivity index (χ1v) is 7.97. The highest BCUT2D eigenvalue weighted by atomic mass is 19.1. The minimum Gasteiger partial charge on any atom is -0.326 e. The summed E-state index contributed by atoms with van der Waals surface area (Å²) in [5, 5.41) is 12.0. The van der Waals surface area contributed by atoms with Gasteiger partial charge in [-0.3, -0.25) is 9.89 Å². The van der Waals surface area contributed by atoms with Crippen molar-refractivity contribution >= 4 is 23.3 Å². The lowest BCUT2D eigenvalue weighted by Gasteiger charge is -2.23. The number of aromatic nitrogens is 3. The summed E-state index contributed by atoms with van der Waals surface area (Å²) in [7, 11) is 0. The number of aromatic amines is 1. The van der Waals surface area contributed by atoms with E-state index in [-0.39, 0.29) is 17.6 Å². The minimum atomic E-state index is -0.577. The topological polar surface area (TPSA) is 103 Å². The lowest BCUT2D eigenvalue weighted by Crippen LogP contribution is -2.35. The molecular weight excluding hydrogens is 327 g/mol. The van der Waals surface area contributed by atoms with Crippen molar-refractivity contribution in [2.24, 2.45) is 0 Å². The average Bonchev–Trinajstić information content (AvgIpc) is 3.18. The van der Waals surface area contributed by atoms with Crippen LogP contribution in [-0.2, 0) is 4.79 Å². The van der Waals surface area contributed by atoms with E-state index in [1.54, 1.807) is 11.8 Å². The highest BCUT2D eigenvalue weighted by molar-refractivity contribution is 5.93. The van der Waals surface area contributed by atoms with E-state index in [9.17, 15) is 14.0 Å². The average molecular weight is 346 g/mol. The number of rotatable bonds is 3. The van der Waals surface area contributed by atoms with E-state index >= 15 is 0 Å². The van der Waals surface area contributed by atoms with E-state index in [2.05, 4.69) is 25.8 Å². The fourth-order valence-corrected chi connectivity index (χ4v) is 2.88. The molecule has 8 nitrogen and oxygen atoms in total. The van der Waals surface area contributed by atoms with Gasteiger partial charge in [-0.15, -0.1) is 0 Å². The third-order valence-electron chi connectivity index (χ3n) is 3.95. The van der Waals surface area contributed by atoms with Gasteiger partial charge in [0.25, 0.3) is 0 Å². The Labute approximate surface area is 143 Å². The van der Waals surface area contributed by atoms with Crippen LogP contribution in [0.5, 0.6) is 0 Å². The summed E-state index contributed by atoms with van der Waals surface area (Å²) in [4.78, 5) is 29.6. The van der Waals surface area contributed by atoms with Crippen LogP contribution in [-0.4, -0.2) is 38.6 Å². The number of H-pyrrole nitrogens is 1. The molecule has 0 aliphatic carbocycles. The van der Waals surface area contributed by atoms with Crippen LogP contribution in [0.25, 0.3) is 0 Å². The Morgan fingerprint density at radius 3 is 2.84 bits per heavy atom. The molecule has 0 spiro atoms. The zero-order valence-corrected chi connectivity index (χ0v) is 14.0. The molecule has 2 aromatic rings. The van der Waals surface area contributed by atoms with Crippen LogP contribution in [0.3, 0.4) is 0 Å². The van der Waals surface area contributed by atoms with Crippen LogP contribution in [0.4, 0.5) is 20.6 Å². The largest absolute Gasteiger partial charge is 0.326 e. The highest BCUT2D eigenvalue weighted by Gasteiger charge is 2.33. The minimum absolute atomic E-state index is 0.00747. The fourth-order valence-electron chi connectivity index (χ4n) is 2.88. The summed E-state index contributed by atoms with van der Waals surface area (Å²) in [6.45, 7) is 3.69. The van der Waals surface area contributed by atoms with E-state index in [0.717, 1.165) is 12.8 Å². The smallest absolute Gasteiger partial charge is 0.322 e. The normalized spacial score (nSPS) is 16.8. The molecule has 2 heterocycles. The molecule has 0 radical (unpaired) electrons. The Morgan fingerprint density at radius 2 is 2.16 bits per heavy atom. The van der Waals surface area contributed by atoms with Crippen molar-refractivity contribution in [2.75, 3.05) is 17.2 Å². The second-order valence-electron chi connectivity index (χ2n) is 5.94. The highest BCUT2D eigenvalue weighted by Crippen LogP contribution is 2.31. The molecule has 3 amide bonds. The number of benzene rings is 1. The Morgan fingerprint density at radius 1 is 1.36 bits per heavy atom. The maximum atomic E-state index is 14.0. The molecular formula is C16H19FN6O2. The zero-order chi connectivity index (χ0) is 18.0. The van der Waals surface area contributed by atoms with Crippen LogP contribution < -0.4 is 10.6 Å². The van der Waals surface area contributed by atoms with Gasteiger partial charge in [-0.25, -0.2) is 14.2 Å². The van der Waals surface area contributed by atoms with Crippen molar-refractivity contribution in [3.63, 3.8) is 0 Å². The summed E-state index contributed by atoms with van der Waals surface area (Å²) in [6.07, 6.45) is 1.57. The number of carbonyl (C=O) groups is 2. The number of halogens is 1. The molecule has 1 aliphatic rings. The van der Waals surface area contributed by atoms with E-state index in [1.807, 2.05) is 0 Å². The monoisotopic (exact) mass is 346 g/mol. The molecule has 1 aromatic heterocycles. The van der Waals surface area contributed by atoms with Crippen molar-refractivity contribution in [3.05, 3.63) is 35.7 Å². The van der Waals surface area contributed by atoms with Gasteiger partial charge in [-0.2, -0.15) is 5.10 Å². The Kier molecular flexibility index (Phi) is 4.64. The summed E-state index contributed by atoms with van der Waals surface area (Å²) < 4.78 is 14.0. The van der Waals surface area contributed by atoms with Crippen molar-refractivity contribution < 1.29 is 14.0 Å². The molecule has 0 bridgehead atoms. The quantitative estimate of drug-likeness (QED) is 0.795. The van der Waals surface area contributed by atoms with Gasteiger partial charge in [0.1, 0.15) is 11.6 Å². The molecule has 0 saturated carbocycles. The number of aryl methyl sites for hydroxylation is 1. The van der Waals surface area contributed by atoms with Crippen molar-refractivity contribution in [1.82, 2.24) is 20.1 Å². The Hall–Kier alpha value is -2.97. The van der Waals surface area contributed by atoms with Crippen molar-refractivity contribution in [1.29, 1.82) is 0 Å². The number of urea groups is 1. The number of hydrogen-bond acceptors (Lipinski definition) is 4. The van der Waals surface area contributed by atoms with E-state index in [1.165, 1.54) is 25.1 Å². The molecule has 1 fully saturated rings. The first kappa shape index (κ1) is 16.9. The lowest BCUT2D eigenvalue weighted by molar-refractivity contribution is -0.114. The summed E-state index contributed by atoms with van der Waals surface area (Å²) in [5.74, 6) is 0.379. The first-order chi connectivity index (χ1) is 11.9. The van der Waals surface area contributed by atoms with Crippen molar-refractivity contribution in [3.8, 4) is 0 Å². The number of amides is 3. The van der Waals surface area contributed by atoms with Crippen molar-refractivity contribution in [2.45, 2.75) is 32.7 Å². The lowest BCUT2D eigenvalue weighted by atomic mass is 10.2.